The minimum Gasteiger partial charge on any atom is -0.507 e. The first-order chi connectivity index (χ1) is 10.0. The second kappa shape index (κ2) is 4.96. The smallest absolute Gasteiger partial charge is 0.268 e. The Bertz CT molecular complexity index is 798. The van der Waals surface area contributed by atoms with Crippen LogP contribution < -0.4 is 0 Å². The van der Waals surface area contributed by atoms with Crippen molar-refractivity contribution in [3.63, 3.8) is 0 Å². The van der Waals surface area contributed by atoms with E-state index < -0.39 is 11.6 Å². The highest BCUT2D eigenvalue weighted by Crippen LogP contribution is 2.36. The summed E-state index contributed by atoms with van der Waals surface area (Å²) < 4.78 is 4.82. The van der Waals surface area contributed by atoms with Gasteiger partial charge in [-0.1, -0.05) is 24.3 Å². The van der Waals surface area contributed by atoms with E-state index in [9.17, 15) is 19.5 Å². The van der Waals surface area contributed by atoms with Gasteiger partial charge in [0.2, 0.25) is 5.78 Å². The number of ketones is 3. The number of hydrogen-bond acceptors (Lipinski definition) is 5. The Morgan fingerprint density at radius 1 is 0.952 bits per heavy atom. The molecule has 1 aromatic rings. The molecule has 0 radical (unpaired) electrons. The average molecular weight is 394 g/mol. The van der Waals surface area contributed by atoms with Gasteiger partial charge in [0.1, 0.15) is 5.76 Å². The zero-order valence-electron chi connectivity index (χ0n) is 10.4. The molecule has 1 aromatic carbocycles. The molecule has 6 heteroatoms. The molecule has 2 aliphatic rings. The first-order valence-electron chi connectivity index (χ1n) is 5.93. The Balaban J connectivity index is 2.15. The second-order valence-corrected chi connectivity index (χ2v) is 4.92. The van der Waals surface area contributed by atoms with Crippen LogP contribution in [-0.4, -0.2) is 22.5 Å². The number of carbonyl (C=O) groups excluding carboxylic acids is 3. The highest BCUT2D eigenvalue weighted by Gasteiger charge is 2.34. The fourth-order valence-corrected chi connectivity index (χ4v) is 2.64. The van der Waals surface area contributed by atoms with Crippen molar-refractivity contribution in [2.24, 2.45) is 0 Å². The Morgan fingerprint density at radius 2 is 1.62 bits per heavy atom. The summed E-state index contributed by atoms with van der Waals surface area (Å²) in [6, 6.07) is 6.60. The van der Waals surface area contributed by atoms with Gasteiger partial charge in [0, 0.05) is 11.1 Å². The van der Waals surface area contributed by atoms with Crippen LogP contribution in [0.1, 0.15) is 15.9 Å². The molecule has 21 heavy (non-hydrogen) atoms. The summed E-state index contributed by atoms with van der Waals surface area (Å²) in [5.41, 5.74) is 0.946. The molecule has 0 aliphatic heterocycles. The Morgan fingerprint density at radius 3 is 2.24 bits per heavy atom. The van der Waals surface area contributed by atoms with Gasteiger partial charge in [-0.25, -0.2) is 0 Å². The van der Waals surface area contributed by atoms with Crippen molar-refractivity contribution in [3.05, 3.63) is 64.4 Å². The van der Waals surface area contributed by atoms with Gasteiger partial charge in [0.25, 0.3) is 5.78 Å². The summed E-state index contributed by atoms with van der Waals surface area (Å²) in [4.78, 5) is 35.6. The fourth-order valence-electron chi connectivity index (χ4n) is 2.31. The highest BCUT2D eigenvalue weighted by atomic mass is 127. The molecule has 0 spiro atoms. The topological polar surface area (TPSA) is 80.7 Å². The van der Waals surface area contributed by atoms with Crippen molar-refractivity contribution in [1.29, 1.82) is 0 Å². The summed E-state index contributed by atoms with van der Waals surface area (Å²) in [6.45, 7) is 0. The number of aliphatic hydroxyl groups excluding tert-OH is 1. The number of benzene rings is 1. The Hall–Kier alpha value is -2.22. The number of hydrogen-bond donors (Lipinski definition) is 1. The molecule has 0 saturated carbocycles. The lowest BCUT2D eigenvalue weighted by Crippen LogP contribution is -2.19. The molecule has 104 valence electrons. The van der Waals surface area contributed by atoms with E-state index in [4.69, 9.17) is 3.07 Å². The Labute approximate surface area is 133 Å². The lowest BCUT2D eigenvalue weighted by molar-refractivity contribution is -0.132. The predicted octanol–water partition coefficient (Wildman–Crippen LogP) is 2.48. The quantitative estimate of drug-likeness (QED) is 0.474. The molecule has 0 bridgehead atoms. The number of aliphatic hydroxyl groups is 1. The van der Waals surface area contributed by atoms with Crippen molar-refractivity contribution < 1.29 is 22.6 Å². The number of halogens is 1. The van der Waals surface area contributed by atoms with Crippen LogP contribution in [0.4, 0.5) is 0 Å². The maximum Gasteiger partial charge on any atom is 0.268 e. The number of Topliss-reactive ketones (excluding diaryl/α,β-unsaturated/α-hetero) is 2. The van der Waals surface area contributed by atoms with E-state index in [1.807, 2.05) is 0 Å². The van der Waals surface area contributed by atoms with Gasteiger partial charge in [-0.3, -0.25) is 14.4 Å². The summed E-state index contributed by atoms with van der Waals surface area (Å²) in [5, 5.41) is 10.2. The average Bonchev–Trinajstić information content (AvgIpc) is 2.74. The van der Waals surface area contributed by atoms with Crippen LogP contribution in [0.3, 0.4) is 0 Å². The van der Waals surface area contributed by atoms with Crippen molar-refractivity contribution in [1.82, 2.24) is 0 Å². The molecule has 5 nitrogen and oxygen atoms in total. The minimum absolute atomic E-state index is 0.00278. The summed E-state index contributed by atoms with van der Waals surface area (Å²) >= 11 is 1.48. The molecule has 0 atom stereocenters. The van der Waals surface area contributed by atoms with Gasteiger partial charge in [0.05, 0.1) is 5.57 Å². The first-order valence-corrected chi connectivity index (χ1v) is 6.81. The molecule has 2 aliphatic carbocycles. The molecule has 1 N–H and O–H groups in total. The third-order valence-corrected chi connectivity index (χ3v) is 3.76. The molecule has 0 amide bonds. The molecule has 3 rings (SSSR count). The first kappa shape index (κ1) is 13.7. The Kier molecular flexibility index (Phi) is 3.25. The minimum atomic E-state index is -0.789. The molecular formula is C15H7IO5. The number of rotatable bonds is 2. The van der Waals surface area contributed by atoms with Gasteiger partial charge in [0.15, 0.2) is 34.5 Å². The van der Waals surface area contributed by atoms with Crippen LogP contribution in [-0.2, 0) is 12.7 Å². The van der Waals surface area contributed by atoms with Gasteiger partial charge in [-0.15, -0.1) is 0 Å². The highest BCUT2D eigenvalue weighted by molar-refractivity contribution is 14.1. The molecule has 0 heterocycles. The van der Waals surface area contributed by atoms with Crippen molar-refractivity contribution in [3.8, 4) is 0 Å². The third-order valence-electron chi connectivity index (χ3n) is 3.28. The SMILES string of the molecule is O=C1C=C(C2=C(O)c3ccccc3C2=O)C=C(OI)C1=O. The second-order valence-electron chi connectivity index (χ2n) is 4.48. The van der Waals surface area contributed by atoms with Crippen molar-refractivity contribution in [2.45, 2.75) is 0 Å². The fraction of sp³-hybridized carbons (Fsp3) is 0. The number of allylic oxidation sites excluding steroid dienone is 5. The molecular weight excluding hydrogens is 387 g/mol. The van der Waals surface area contributed by atoms with E-state index in [2.05, 4.69) is 0 Å². The lowest BCUT2D eigenvalue weighted by atomic mass is 9.95. The van der Waals surface area contributed by atoms with E-state index in [0.717, 1.165) is 6.08 Å². The summed E-state index contributed by atoms with van der Waals surface area (Å²) in [5.74, 6) is -2.32. The normalized spacial score (nSPS) is 17.7. The van der Waals surface area contributed by atoms with E-state index in [1.54, 1.807) is 24.3 Å². The van der Waals surface area contributed by atoms with Crippen LogP contribution in [0, 0.1) is 0 Å². The molecule has 0 aromatic heterocycles. The third kappa shape index (κ3) is 2.02. The number of carbonyl (C=O) groups is 3. The van der Waals surface area contributed by atoms with Crippen molar-refractivity contribution >= 4 is 46.1 Å². The van der Waals surface area contributed by atoms with Crippen LogP contribution in [0.25, 0.3) is 5.76 Å². The van der Waals surface area contributed by atoms with Crippen LogP contribution >= 0.6 is 23.0 Å². The number of fused-ring (bicyclic) bond motifs is 1. The van der Waals surface area contributed by atoms with Gasteiger partial charge in [-0.2, -0.15) is 0 Å². The summed E-state index contributed by atoms with van der Waals surface area (Å²) in [7, 11) is 0. The summed E-state index contributed by atoms with van der Waals surface area (Å²) in [6.07, 6.45) is 2.32. The molecule has 0 saturated heterocycles. The predicted molar refractivity (Wildman–Crippen MR) is 81.6 cm³/mol. The maximum absolute atomic E-state index is 12.4. The van der Waals surface area contributed by atoms with Gasteiger partial charge < -0.3 is 8.17 Å². The van der Waals surface area contributed by atoms with Gasteiger partial charge in [-0.05, 0) is 17.7 Å². The van der Waals surface area contributed by atoms with E-state index in [-0.39, 0.29) is 28.4 Å². The standard InChI is InChI=1S/C15H7IO5/c16-21-11-6-7(5-10(17)15(11)20)12-13(18)8-3-1-2-4-9(8)14(12)19/h1-6,18H. The van der Waals surface area contributed by atoms with E-state index >= 15 is 0 Å². The molecule has 0 unspecified atom stereocenters. The van der Waals surface area contributed by atoms with E-state index in [0.29, 0.717) is 11.1 Å². The van der Waals surface area contributed by atoms with Crippen LogP contribution in [0.2, 0.25) is 0 Å². The maximum atomic E-state index is 12.4. The molecule has 0 fully saturated rings. The zero-order valence-corrected chi connectivity index (χ0v) is 12.6. The van der Waals surface area contributed by atoms with Gasteiger partial charge >= 0.3 is 0 Å². The zero-order chi connectivity index (χ0) is 15.1. The van der Waals surface area contributed by atoms with E-state index in [1.165, 1.54) is 29.1 Å². The lowest BCUT2D eigenvalue weighted by Gasteiger charge is -2.10. The van der Waals surface area contributed by atoms with Crippen LogP contribution in [0.15, 0.2) is 53.3 Å². The largest absolute Gasteiger partial charge is 0.507 e. The van der Waals surface area contributed by atoms with Crippen molar-refractivity contribution in [2.75, 3.05) is 0 Å². The van der Waals surface area contributed by atoms with Crippen LogP contribution in [0.5, 0.6) is 0 Å². The monoisotopic (exact) mass is 394 g/mol.